The number of carbonyl (C=O) groups excluding carboxylic acids is 1. The average Bonchev–Trinajstić information content (AvgIpc) is 2.15. The summed E-state index contributed by atoms with van der Waals surface area (Å²) in [5.41, 5.74) is 0.768. The lowest BCUT2D eigenvalue weighted by Gasteiger charge is -2.07. The fourth-order valence-corrected chi connectivity index (χ4v) is 1.20. The van der Waals surface area contributed by atoms with E-state index in [4.69, 9.17) is 9.47 Å². The van der Waals surface area contributed by atoms with Crippen LogP contribution >= 0.6 is 0 Å². The molecule has 0 bridgehead atoms. The highest BCUT2D eigenvalue weighted by molar-refractivity contribution is 5.78. The van der Waals surface area contributed by atoms with Gasteiger partial charge in [0.25, 0.3) is 0 Å². The predicted molar refractivity (Wildman–Crippen MR) is 55.0 cm³/mol. The molecule has 15 heavy (non-hydrogen) atoms. The van der Waals surface area contributed by atoms with Gasteiger partial charge in [-0.1, -0.05) is 6.07 Å². The lowest BCUT2D eigenvalue weighted by Crippen LogP contribution is -2.00. The molecule has 0 fully saturated rings. The van der Waals surface area contributed by atoms with Crippen LogP contribution in [-0.4, -0.2) is 24.8 Å². The van der Waals surface area contributed by atoms with Gasteiger partial charge in [-0.2, -0.15) is 0 Å². The SMILES string of the molecule is COCOc1ccc(CC(C)=O)cc1O. The molecule has 0 atom stereocenters. The molecule has 4 heteroatoms. The van der Waals surface area contributed by atoms with Gasteiger partial charge in [-0.25, -0.2) is 0 Å². The van der Waals surface area contributed by atoms with Gasteiger partial charge in [0.05, 0.1) is 0 Å². The molecule has 0 saturated heterocycles. The van der Waals surface area contributed by atoms with Crippen LogP contribution in [-0.2, 0) is 16.0 Å². The molecule has 1 aromatic rings. The summed E-state index contributed by atoms with van der Waals surface area (Å²) in [7, 11) is 1.50. The van der Waals surface area contributed by atoms with E-state index >= 15 is 0 Å². The van der Waals surface area contributed by atoms with Crippen LogP contribution in [0.3, 0.4) is 0 Å². The van der Waals surface area contributed by atoms with E-state index in [1.165, 1.54) is 20.1 Å². The van der Waals surface area contributed by atoms with Crippen LogP contribution in [0, 0.1) is 0 Å². The quantitative estimate of drug-likeness (QED) is 0.748. The van der Waals surface area contributed by atoms with Gasteiger partial charge in [-0.05, 0) is 24.6 Å². The van der Waals surface area contributed by atoms with Gasteiger partial charge in [-0.15, -0.1) is 0 Å². The standard InChI is InChI=1S/C11H14O4/c1-8(12)5-9-3-4-11(10(13)6-9)15-7-14-2/h3-4,6,13H,5,7H2,1-2H3. The molecule has 1 N–H and O–H groups in total. The predicted octanol–water partition coefficient (Wildman–Crippen LogP) is 1.51. The Morgan fingerprint density at radius 2 is 2.20 bits per heavy atom. The lowest BCUT2D eigenvalue weighted by molar-refractivity contribution is -0.116. The number of benzene rings is 1. The van der Waals surface area contributed by atoms with Gasteiger partial charge in [0.15, 0.2) is 18.3 Å². The Hall–Kier alpha value is -1.55. The van der Waals surface area contributed by atoms with Crippen LogP contribution in [0.5, 0.6) is 11.5 Å². The monoisotopic (exact) mass is 210 g/mol. The van der Waals surface area contributed by atoms with E-state index in [9.17, 15) is 9.90 Å². The zero-order valence-electron chi connectivity index (χ0n) is 8.82. The molecule has 0 saturated carbocycles. The number of Topliss-reactive ketones (excluding diaryl/α,β-unsaturated/α-hetero) is 1. The summed E-state index contributed by atoms with van der Waals surface area (Å²) in [5.74, 6) is 0.426. The number of methoxy groups -OCH3 is 1. The second-order valence-electron chi connectivity index (χ2n) is 3.23. The summed E-state index contributed by atoms with van der Waals surface area (Å²) in [6.07, 6.45) is 0.318. The lowest BCUT2D eigenvalue weighted by atomic mass is 10.1. The molecule has 0 heterocycles. The second kappa shape index (κ2) is 5.36. The molecular weight excluding hydrogens is 196 g/mol. The fraction of sp³-hybridized carbons (Fsp3) is 0.364. The second-order valence-corrected chi connectivity index (χ2v) is 3.23. The van der Waals surface area contributed by atoms with Gasteiger partial charge < -0.3 is 14.6 Å². The summed E-state index contributed by atoms with van der Waals surface area (Å²) in [4.78, 5) is 10.8. The number of phenols is 1. The van der Waals surface area contributed by atoms with Crippen molar-refractivity contribution in [2.75, 3.05) is 13.9 Å². The molecule has 0 spiro atoms. The summed E-state index contributed by atoms with van der Waals surface area (Å²) in [6, 6.07) is 4.88. The highest BCUT2D eigenvalue weighted by Crippen LogP contribution is 2.26. The summed E-state index contributed by atoms with van der Waals surface area (Å²) in [5, 5.41) is 9.54. The Morgan fingerprint density at radius 1 is 1.47 bits per heavy atom. The van der Waals surface area contributed by atoms with Crippen molar-refractivity contribution in [3.63, 3.8) is 0 Å². The molecule has 0 radical (unpaired) electrons. The van der Waals surface area contributed by atoms with Gasteiger partial charge in [0.2, 0.25) is 0 Å². The smallest absolute Gasteiger partial charge is 0.188 e. The Morgan fingerprint density at radius 3 is 2.73 bits per heavy atom. The van der Waals surface area contributed by atoms with Crippen molar-refractivity contribution in [2.45, 2.75) is 13.3 Å². The van der Waals surface area contributed by atoms with E-state index < -0.39 is 0 Å². The number of phenolic OH excluding ortho intramolecular Hbond substituents is 1. The van der Waals surface area contributed by atoms with Gasteiger partial charge in [-0.3, -0.25) is 4.79 Å². The van der Waals surface area contributed by atoms with Crippen molar-refractivity contribution in [3.8, 4) is 11.5 Å². The molecule has 0 aromatic heterocycles. The zero-order valence-corrected chi connectivity index (χ0v) is 8.82. The molecule has 1 rings (SSSR count). The van der Waals surface area contributed by atoms with Gasteiger partial charge in [0, 0.05) is 13.5 Å². The fourth-order valence-electron chi connectivity index (χ4n) is 1.20. The number of aromatic hydroxyl groups is 1. The van der Waals surface area contributed by atoms with Crippen molar-refractivity contribution in [2.24, 2.45) is 0 Å². The Bertz CT molecular complexity index is 346. The minimum atomic E-state index is 0.0193. The Balaban J connectivity index is 2.74. The van der Waals surface area contributed by atoms with Gasteiger partial charge >= 0.3 is 0 Å². The van der Waals surface area contributed by atoms with Gasteiger partial charge in [0.1, 0.15) is 5.78 Å². The van der Waals surface area contributed by atoms with Crippen molar-refractivity contribution >= 4 is 5.78 Å². The first-order valence-corrected chi connectivity index (χ1v) is 4.56. The van der Waals surface area contributed by atoms with E-state index in [2.05, 4.69) is 0 Å². The highest BCUT2D eigenvalue weighted by Gasteiger charge is 2.05. The minimum Gasteiger partial charge on any atom is -0.504 e. The Labute approximate surface area is 88.4 Å². The van der Waals surface area contributed by atoms with E-state index in [1.807, 2.05) is 0 Å². The van der Waals surface area contributed by atoms with Crippen LogP contribution in [0.1, 0.15) is 12.5 Å². The number of ether oxygens (including phenoxy) is 2. The molecule has 0 unspecified atom stereocenters. The molecule has 1 aromatic carbocycles. The molecule has 0 amide bonds. The third-order valence-corrected chi connectivity index (χ3v) is 1.81. The molecule has 4 nitrogen and oxygen atoms in total. The molecular formula is C11H14O4. The minimum absolute atomic E-state index is 0.0193. The average molecular weight is 210 g/mol. The maximum atomic E-state index is 10.8. The summed E-state index contributed by atoms with van der Waals surface area (Å²) in [6.45, 7) is 1.59. The number of ketones is 1. The topological polar surface area (TPSA) is 55.8 Å². The molecule has 0 aliphatic rings. The van der Waals surface area contributed by atoms with Crippen molar-refractivity contribution < 1.29 is 19.4 Å². The number of rotatable bonds is 5. The highest BCUT2D eigenvalue weighted by atomic mass is 16.7. The maximum absolute atomic E-state index is 10.8. The van der Waals surface area contributed by atoms with E-state index in [-0.39, 0.29) is 18.3 Å². The first-order chi connectivity index (χ1) is 7.13. The van der Waals surface area contributed by atoms with E-state index in [1.54, 1.807) is 12.1 Å². The largest absolute Gasteiger partial charge is 0.504 e. The molecule has 82 valence electrons. The van der Waals surface area contributed by atoms with Crippen molar-refractivity contribution in [1.82, 2.24) is 0 Å². The van der Waals surface area contributed by atoms with Crippen LogP contribution in [0.2, 0.25) is 0 Å². The number of carbonyl (C=O) groups is 1. The Kier molecular flexibility index (Phi) is 4.12. The van der Waals surface area contributed by atoms with E-state index in [0.29, 0.717) is 12.2 Å². The number of hydrogen-bond acceptors (Lipinski definition) is 4. The van der Waals surface area contributed by atoms with Crippen LogP contribution in [0.4, 0.5) is 0 Å². The van der Waals surface area contributed by atoms with Crippen LogP contribution in [0.15, 0.2) is 18.2 Å². The first kappa shape index (κ1) is 11.5. The summed E-state index contributed by atoms with van der Waals surface area (Å²) < 4.78 is 9.80. The third kappa shape index (κ3) is 3.59. The van der Waals surface area contributed by atoms with Crippen molar-refractivity contribution in [1.29, 1.82) is 0 Å². The van der Waals surface area contributed by atoms with Crippen molar-refractivity contribution in [3.05, 3.63) is 23.8 Å². The summed E-state index contributed by atoms with van der Waals surface area (Å²) >= 11 is 0. The van der Waals surface area contributed by atoms with Crippen LogP contribution in [0.25, 0.3) is 0 Å². The first-order valence-electron chi connectivity index (χ1n) is 4.56. The number of hydrogen-bond donors (Lipinski definition) is 1. The maximum Gasteiger partial charge on any atom is 0.188 e. The molecule has 0 aliphatic heterocycles. The molecule has 0 aliphatic carbocycles. The zero-order chi connectivity index (χ0) is 11.3. The third-order valence-electron chi connectivity index (χ3n) is 1.81. The van der Waals surface area contributed by atoms with Crippen LogP contribution < -0.4 is 4.74 Å². The normalized spacial score (nSPS) is 10.0. The van der Waals surface area contributed by atoms with E-state index in [0.717, 1.165) is 5.56 Å².